The number of nitrogens with zero attached hydrogens (tertiary/aromatic N) is 3. The van der Waals surface area contributed by atoms with Crippen molar-refractivity contribution in [2.45, 2.75) is 12.8 Å². The highest BCUT2D eigenvalue weighted by atomic mass is 79.9. The van der Waals surface area contributed by atoms with Gasteiger partial charge in [0, 0.05) is 12.6 Å². The van der Waals surface area contributed by atoms with Gasteiger partial charge in [-0.25, -0.2) is 9.50 Å². The molecule has 0 aliphatic carbocycles. The molecule has 0 N–H and O–H groups in total. The molecule has 0 aliphatic heterocycles. The summed E-state index contributed by atoms with van der Waals surface area (Å²) in [5, 5.41) is 4.35. The molecule has 0 fully saturated rings. The Hall–Kier alpha value is -1.88. The van der Waals surface area contributed by atoms with Crippen molar-refractivity contribution in [3.63, 3.8) is 0 Å². The number of imidazole rings is 1. The van der Waals surface area contributed by atoms with Crippen molar-refractivity contribution in [1.29, 1.82) is 0 Å². The number of benzene rings is 1. The Balaban J connectivity index is 1.83. The van der Waals surface area contributed by atoms with Gasteiger partial charge in [-0.15, -0.1) is 0 Å². The number of halogens is 1. The van der Waals surface area contributed by atoms with Crippen molar-refractivity contribution in [2.24, 2.45) is 0 Å². The van der Waals surface area contributed by atoms with Gasteiger partial charge in [0.15, 0.2) is 0 Å². The predicted molar refractivity (Wildman–Crippen MR) is 81.1 cm³/mol. The molecule has 3 aromatic rings. The number of hydrogen-bond acceptors (Lipinski definition) is 3. The van der Waals surface area contributed by atoms with Gasteiger partial charge < -0.3 is 4.74 Å². The fourth-order valence-corrected chi connectivity index (χ4v) is 2.70. The van der Waals surface area contributed by atoms with E-state index in [4.69, 9.17) is 4.74 Å². The van der Waals surface area contributed by atoms with E-state index in [9.17, 15) is 0 Å². The second-order valence-electron chi connectivity index (χ2n) is 4.49. The molecule has 4 nitrogen and oxygen atoms in total. The van der Waals surface area contributed by atoms with Gasteiger partial charge >= 0.3 is 0 Å². The molecule has 0 spiro atoms. The quantitative estimate of drug-likeness (QED) is 0.736. The largest absolute Gasteiger partial charge is 0.497 e. The van der Waals surface area contributed by atoms with Crippen LogP contribution >= 0.6 is 15.9 Å². The Bertz CT molecular complexity index is 739. The molecule has 20 heavy (non-hydrogen) atoms. The van der Waals surface area contributed by atoms with Crippen LogP contribution in [-0.2, 0) is 12.8 Å². The second-order valence-corrected chi connectivity index (χ2v) is 5.24. The molecule has 0 saturated heterocycles. The Morgan fingerprint density at radius 2 is 2.10 bits per heavy atom. The van der Waals surface area contributed by atoms with Gasteiger partial charge in [-0.3, -0.25) is 0 Å². The maximum absolute atomic E-state index is 5.24. The number of rotatable bonds is 4. The third kappa shape index (κ3) is 2.54. The summed E-state index contributed by atoms with van der Waals surface area (Å²) in [4.78, 5) is 4.53. The molecule has 5 heteroatoms. The summed E-state index contributed by atoms with van der Waals surface area (Å²) in [6, 6.07) is 12.0. The summed E-state index contributed by atoms with van der Waals surface area (Å²) in [6.45, 7) is 0. The first kappa shape index (κ1) is 13.1. The summed E-state index contributed by atoms with van der Waals surface area (Å²) < 4.78 is 7.96. The first-order valence-corrected chi connectivity index (χ1v) is 7.18. The van der Waals surface area contributed by atoms with Gasteiger partial charge in [0.05, 0.1) is 12.6 Å². The zero-order valence-corrected chi connectivity index (χ0v) is 12.7. The molecule has 3 rings (SSSR count). The number of methoxy groups -OCH3 is 1. The van der Waals surface area contributed by atoms with Crippen LogP contribution in [0, 0.1) is 0 Å². The van der Waals surface area contributed by atoms with E-state index in [0.29, 0.717) is 0 Å². The molecule has 0 radical (unpaired) electrons. The van der Waals surface area contributed by atoms with Crippen molar-refractivity contribution in [1.82, 2.24) is 14.6 Å². The van der Waals surface area contributed by atoms with Gasteiger partial charge in [0.1, 0.15) is 16.2 Å². The van der Waals surface area contributed by atoms with Crippen LogP contribution in [-0.4, -0.2) is 21.7 Å². The van der Waals surface area contributed by atoms with Gasteiger partial charge in [-0.2, -0.15) is 5.10 Å². The summed E-state index contributed by atoms with van der Waals surface area (Å²) in [5.41, 5.74) is 2.22. The van der Waals surface area contributed by atoms with E-state index in [0.717, 1.165) is 34.5 Å². The Morgan fingerprint density at radius 3 is 2.95 bits per heavy atom. The summed E-state index contributed by atoms with van der Waals surface area (Å²) in [5.74, 6) is 1.84. The normalized spacial score (nSPS) is 10.9. The molecule has 2 aromatic heterocycles. The molecule has 0 saturated carbocycles. The SMILES string of the molecule is COc1cccc(CCc2nc(Br)c3cccnn23)c1. The number of ether oxygens (including phenoxy) is 1. The van der Waals surface area contributed by atoms with E-state index in [-0.39, 0.29) is 0 Å². The third-order valence-corrected chi connectivity index (χ3v) is 3.79. The zero-order chi connectivity index (χ0) is 13.9. The van der Waals surface area contributed by atoms with Gasteiger partial charge in [-0.05, 0) is 52.2 Å². The van der Waals surface area contributed by atoms with E-state index < -0.39 is 0 Å². The Labute approximate surface area is 125 Å². The summed E-state index contributed by atoms with van der Waals surface area (Å²) in [6.07, 6.45) is 3.51. The topological polar surface area (TPSA) is 39.4 Å². The second kappa shape index (κ2) is 5.63. The number of fused-ring (bicyclic) bond motifs is 1. The van der Waals surface area contributed by atoms with Crippen molar-refractivity contribution in [2.75, 3.05) is 7.11 Å². The predicted octanol–water partition coefficient (Wildman–Crippen LogP) is 3.29. The van der Waals surface area contributed by atoms with E-state index in [2.05, 4.69) is 38.1 Å². The van der Waals surface area contributed by atoms with Crippen LogP contribution in [0.1, 0.15) is 11.4 Å². The average Bonchev–Trinajstić information content (AvgIpc) is 2.82. The minimum Gasteiger partial charge on any atom is -0.497 e. The fraction of sp³-hybridized carbons (Fsp3) is 0.200. The van der Waals surface area contributed by atoms with Crippen molar-refractivity contribution in [3.05, 3.63) is 58.6 Å². The minimum absolute atomic E-state index is 0.830. The van der Waals surface area contributed by atoms with E-state index in [1.165, 1.54) is 5.56 Å². The highest BCUT2D eigenvalue weighted by Gasteiger charge is 2.09. The molecule has 102 valence electrons. The van der Waals surface area contributed by atoms with Crippen LogP contribution in [0.5, 0.6) is 5.75 Å². The highest BCUT2D eigenvalue weighted by molar-refractivity contribution is 9.10. The summed E-state index contributed by atoms with van der Waals surface area (Å²) in [7, 11) is 1.68. The molecule has 0 atom stereocenters. The van der Waals surface area contributed by atoms with Crippen LogP contribution in [0.3, 0.4) is 0 Å². The van der Waals surface area contributed by atoms with Crippen LogP contribution < -0.4 is 4.74 Å². The monoisotopic (exact) mass is 331 g/mol. The lowest BCUT2D eigenvalue weighted by Crippen LogP contribution is -2.00. The number of aromatic nitrogens is 3. The van der Waals surface area contributed by atoms with Crippen LogP contribution in [0.4, 0.5) is 0 Å². The number of hydrogen-bond donors (Lipinski definition) is 0. The lowest BCUT2D eigenvalue weighted by atomic mass is 10.1. The Kier molecular flexibility index (Phi) is 3.69. The van der Waals surface area contributed by atoms with Crippen molar-refractivity contribution in [3.8, 4) is 5.75 Å². The first-order valence-electron chi connectivity index (χ1n) is 6.39. The van der Waals surface area contributed by atoms with E-state index in [1.54, 1.807) is 13.3 Å². The third-order valence-electron chi connectivity index (χ3n) is 3.20. The highest BCUT2D eigenvalue weighted by Crippen LogP contribution is 2.19. The molecule has 0 aliphatic rings. The fourth-order valence-electron chi connectivity index (χ4n) is 2.20. The molecule has 0 bridgehead atoms. The van der Waals surface area contributed by atoms with Gasteiger partial charge in [0.25, 0.3) is 0 Å². The molecule has 1 aromatic carbocycles. The van der Waals surface area contributed by atoms with E-state index in [1.807, 2.05) is 28.8 Å². The maximum Gasteiger partial charge on any atom is 0.134 e. The lowest BCUT2D eigenvalue weighted by molar-refractivity contribution is 0.414. The average molecular weight is 332 g/mol. The maximum atomic E-state index is 5.24. The minimum atomic E-state index is 0.830. The molecular formula is C15H14BrN3O. The van der Waals surface area contributed by atoms with Gasteiger partial charge in [0.2, 0.25) is 0 Å². The molecule has 0 amide bonds. The first-order chi connectivity index (χ1) is 9.78. The van der Waals surface area contributed by atoms with Crippen molar-refractivity contribution >= 4 is 21.4 Å². The summed E-state index contributed by atoms with van der Waals surface area (Å²) >= 11 is 3.47. The van der Waals surface area contributed by atoms with Gasteiger partial charge in [-0.1, -0.05) is 12.1 Å². The molecular weight excluding hydrogens is 318 g/mol. The van der Waals surface area contributed by atoms with Crippen LogP contribution in [0.25, 0.3) is 5.52 Å². The molecule has 0 unspecified atom stereocenters. The molecule has 2 heterocycles. The number of aryl methyl sites for hydroxylation is 2. The standard InChI is InChI=1S/C15H14BrN3O/c1-20-12-5-2-4-11(10-12)7-8-14-18-15(16)13-6-3-9-17-19(13)14/h2-6,9-10H,7-8H2,1H3. The van der Waals surface area contributed by atoms with Crippen LogP contribution in [0.15, 0.2) is 47.2 Å². The lowest BCUT2D eigenvalue weighted by Gasteiger charge is -2.04. The van der Waals surface area contributed by atoms with Crippen LogP contribution in [0.2, 0.25) is 0 Å². The van der Waals surface area contributed by atoms with E-state index >= 15 is 0 Å². The van der Waals surface area contributed by atoms with Crippen molar-refractivity contribution < 1.29 is 4.74 Å². The zero-order valence-electron chi connectivity index (χ0n) is 11.1. The Morgan fingerprint density at radius 1 is 1.20 bits per heavy atom. The smallest absolute Gasteiger partial charge is 0.134 e.